The van der Waals surface area contributed by atoms with E-state index >= 15 is 0 Å². The molecule has 0 aromatic heterocycles. The van der Waals surface area contributed by atoms with Crippen LogP contribution in [0.1, 0.15) is 32.3 Å². The number of aliphatic hydroxyl groups is 1. The number of nitrogens with two attached hydrogens (primary N) is 1. The summed E-state index contributed by atoms with van der Waals surface area (Å²) < 4.78 is 0. The van der Waals surface area contributed by atoms with Crippen LogP contribution < -0.4 is 21.7 Å². The summed E-state index contributed by atoms with van der Waals surface area (Å²) >= 11 is 0. The lowest BCUT2D eigenvalue weighted by atomic mass is 10.0. The summed E-state index contributed by atoms with van der Waals surface area (Å²) in [4.78, 5) is 60.5. The maximum Gasteiger partial charge on any atom is 0.326 e. The van der Waals surface area contributed by atoms with Gasteiger partial charge in [-0.2, -0.15) is 0 Å². The van der Waals surface area contributed by atoms with Gasteiger partial charge in [0.25, 0.3) is 0 Å². The molecule has 0 radical (unpaired) electrons. The van der Waals surface area contributed by atoms with Crippen molar-refractivity contribution in [1.82, 2.24) is 16.0 Å². The largest absolute Gasteiger partial charge is 0.508 e. The zero-order valence-corrected chi connectivity index (χ0v) is 19.4. The highest BCUT2D eigenvalue weighted by molar-refractivity contribution is 5.94. The molecule has 35 heavy (non-hydrogen) atoms. The number of hydrogen-bond acceptors (Lipinski definition) is 8. The molecule has 1 aromatic carbocycles. The molecule has 1 rings (SSSR count). The van der Waals surface area contributed by atoms with Gasteiger partial charge in [-0.1, -0.05) is 26.0 Å². The minimum absolute atomic E-state index is 0.0205. The molecule has 0 fully saturated rings. The van der Waals surface area contributed by atoms with Crippen LogP contribution in [0.5, 0.6) is 5.75 Å². The molecule has 4 atom stereocenters. The first-order chi connectivity index (χ1) is 16.3. The van der Waals surface area contributed by atoms with Crippen LogP contribution in [0, 0.1) is 5.92 Å². The zero-order chi connectivity index (χ0) is 26.7. The maximum absolute atomic E-state index is 12.9. The van der Waals surface area contributed by atoms with Gasteiger partial charge in [0.05, 0.1) is 6.61 Å². The Morgan fingerprint density at radius 3 is 1.94 bits per heavy atom. The van der Waals surface area contributed by atoms with E-state index in [1.54, 1.807) is 13.8 Å². The second-order valence-electron chi connectivity index (χ2n) is 8.28. The Bertz CT molecular complexity index is 905. The van der Waals surface area contributed by atoms with E-state index in [1.807, 2.05) is 0 Å². The van der Waals surface area contributed by atoms with Gasteiger partial charge in [-0.15, -0.1) is 0 Å². The second kappa shape index (κ2) is 13.9. The third kappa shape index (κ3) is 9.98. The number of benzene rings is 1. The number of aliphatic hydroxyl groups excluding tert-OH is 1. The number of aromatic hydroxyl groups is 1. The molecule has 0 aliphatic carbocycles. The topological polar surface area (TPSA) is 228 Å². The minimum Gasteiger partial charge on any atom is -0.508 e. The number of carbonyl (C=O) groups is 5. The second-order valence-corrected chi connectivity index (χ2v) is 8.28. The number of phenols is 1. The highest BCUT2D eigenvalue weighted by Crippen LogP contribution is 2.12. The molecule has 4 unspecified atom stereocenters. The predicted molar refractivity (Wildman–Crippen MR) is 122 cm³/mol. The maximum atomic E-state index is 12.9. The number of carboxylic acid groups (broad SMARTS) is 2. The van der Waals surface area contributed by atoms with Crippen LogP contribution in [0.2, 0.25) is 0 Å². The first-order valence-electron chi connectivity index (χ1n) is 10.9. The molecular weight excluding hydrogens is 464 g/mol. The van der Waals surface area contributed by atoms with Gasteiger partial charge in [-0.05, 0) is 30.0 Å². The van der Waals surface area contributed by atoms with Crippen LogP contribution in [0.4, 0.5) is 0 Å². The van der Waals surface area contributed by atoms with E-state index in [0.717, 1.165) is 0 Å². The molecule has 194 valence electrons. The predicted octanol–water partition coefficient (Wildman–Crippen LogP) is -1.69. The number of aliphatic carboxylic acids is 2. The van der Waals surface area contributed by atoms with E-state index < -0.39 is 72.8 Å². The molecule has 0 saturated heterocycles. The van der Waals surface area contributed by atoms with Crippen molar-refractivity contribution in [3.8, 4) is 5.75 Å². The molecular formula is C22H32N4O9. The Hall–Kier alpha value is -3.71. The van der Waals surface area contributed by atoms with Gasteiger partial charge >= 0.3 is 11.9 Å². The zero-order valence-electron chi connectivity index (χ0n) is 19.4. The molecule has 0 spiro atoms. The Kier molecular flexibility index (Phi) is 11.6. The number of hydrogen-bond donors (Lipinski definition) is 8. The highest BCUT2D eigenvalue weighted by Gasteiger charge is 2.32. The van der Waals surface area contributed by atoms with Gasteiger partial charge in [0.15, 0.2) is 0 Å². The number of amides is 3. The molecule has 0 bridgehead atoms. The third-order valence-corrected chi connectivity index (χ3v) is 5.05. The molecule has 3 amide bonds. The fourth-order valence-corrected chi connectivity index (χ4v) is 3.02. The van der Waals surface area contributed by atoms with Crippen molar-refractivity contribution >= 4 is 29.7 Å². The van der Waals surface area contributed by atoms with Gasteiger partial charge in [-0.3, -0.25) is 19.2 Å². The summed E-state index contributed by atoms with van der Waals surface area (Å²) in [6, 6.07) is 0.426. The first kappa shape index (κ1) is 29.3. The number of phenolic OH excluding ortho intramolecular Hbond substituents is 1. The van der Waals surface area contributed by atoms with Crippen molar-refractivity contribution in [3.63, 3.8) is 0 Å². The Morgan fingerprint density at radius 1 is 0.886 bits per heavy atom. The quantitative estimate of drug-likeness (QED) is 0.146. The van der Waals surface area contributed by atoms with Crippen LogP contribution in [-0.2, 0) is 30.4 Å². The average molecular weight is 497 g/mol. The minimum atomic E-state index is -1.41. The standard InChI is InChI=1S/C22H32N4O9/c1-11(2)18(26-19(31)14(23)10-27)21(33)24-15(7-8-17(29)30)20(32)25-16(22(34)35)9-12-3-5-13(28)6-4-12/h3-6,11,14-16,18,27-28H,7-10,23H2,1-2H3,(H,24,33)(H,25,32)(H,26,31)(H,29,30)(H,34,35). The summed E-state index contributed by atoms with van der Waals surface area (Å²) in [6.07, 6.45) is -0.972. The molecule has 13 nitrogen and oxygen atoms in total. The van der Waals surface area contributed by atoms with E-state index in [2.05, 4.69) is 16.0 Å². The summed E-state index contributed by atoms with van der Waals surface area (Å²) in [5, 5.41) is 44.0. The fraction of sp³-hybridized carbons (Fsp3) is 0.500. The van der Waals surface area contributed by atoms with Crippen LogP contribution in [0.25, 0.3) is 0 Å². The van der Waals surface area contributed by atoms with Crippen LogP contribution in [0.3, 0.4) is 0 Å². The SMILES string of the molecule is CC(C)C(NC(=O)C(N)CO)C(=O)NC(CCC(=O)O)C(=O)NC(Cc1ccc(O)cc1)C(=O)O. The molecule has 0 saturated carbocycles. The normalized spacial score (nSPS) is 14.3. The molecule has 13 heteroatoms. The molecule has 0 heterocycles. The van der Waals surface area contributed by atoms with E-state index in [1.165, 1.54) is 24.3 Å². The van der Waals surface area contributed by atoms with E-state index in [4.69, 9.17) is 15.9 Å². The van der Waals surface area contributed by atoms with Gasteiger partial charge in [0, 0.05) is 12.8 Å². The van der Waals surface area contributed by atoms with Crippen molar-refractivity contribution < 1.29 is 44.4 Å². The number of carbonyl (C=O) groups excluding carboxylic acids is 3. The number of nitrogens with one attached hydrogen (secondary N) is 3. The monoisotopic (exact) mass is 496 g/mol. The number of carboxylic acids is 2. The van der Waals surface area contributed by atoms with Crippen molar-refractivity contribution in [2.75, 3.05) is 6.61 Å². The van der Waals surface area contributed by atoms with Crippen molar-refractivity contribution in [3.05, 3.63) is 29.8 Å². The summed E-state index contributed by atoms with van der Waals surface area (Å²) in [7, 11) is 0. The van der Waals surface area contributed by atoms with Gasteiger partial charge < -0.3 is 42.1 Å². The third-order valence-electron chi connectivity index (χ3n) is 5.05. The van der Waals surface area contributed by atoms with Crippen molar-refractivity contribution in [1.29, 1.82) is 0 Å². The lowest BCUT2D eigenvalue weighted by Crippen LogP contribution is -2.58. The van der Waals surface area contributed by atoms with Crippen LogP contribution in [0.15, 0.2) is 24.3 Å². The van der Waals surface area contributed by atoms with Crippen molar-refractivity contribution in [2.24, 2.45) is 11.7 Å². The molecule has 9 N–H and O–H groups in total. The van der Waals surface area contributed by atoms with Crippen LogP contribution in [-0.4, -0.2) is 80.9 Å². The van der Waals surface area contributed by atoms with Crippen molar-refractivity contribution in [2.45, 2.75) is 57.3 Å². The molecule has 0 aliphatic rings. The van der Waals surface area contributed by atoms with Crippen LogP contribution >= 0.6 is 0 Å². The lowest BCUT2D eigenvalue weighted by molar-refractivity contribution is -0.143. The highest BCUT2D eigenvalue weighted by atomic mass is 16.4. The fourth-order valence-electron chi connectivity index (χ4n) is 3.02. The summed E-state index contributed by atoms with van der Waals surface area (Å²) in [5.41, 5.74) is 5.96. The lowest BCUT2D eigenvalue weighted by Gasteiger charge is -2.26. The average Bonchev–Trinajstić information content (AvgIpc) is 2.79. The van der Waals surface area contributed by atoms with E-state index in [-0.39, 0.29) is 18.6 Å². The van der Waals surface area contributed by atoms with Gasteiger partial charge in [0.2, 0.25) is 17.7 Å². The van der Waals surface area contributed by atoms with E-state index in [9.17, 15) is 34.2 Å². The Morgan fingerprint density at radius 2 is 1.46 bits per heavy atom. The summed E-state index contributed by atoms with van der Waals surface area (Å²) in [5.74, 6) is -5.62. The van der Waals surface area contributed by atoms with Gasteiger partial charge in [-0.25, -0.2) is 4.79 Å². The van der Waals surface area contributed by atoms with E-state index in [0.29, 0.717) is 5.56 Å². The summed E-state index contributed by atoms with van der Waals surface area (Å²) in [6.45, 7) is 2.57. The Labute approximate surface area is 201 Å². The molecule has 1 aromatic rings. The van der Waals surface area contributed by atoms with Gasteiger partial charge in [0.1, 0.15) is 29.9 Å². The first-order valence-corrected chi connectivity index (χ1v) is 10.9. The Balaban J connectivity index is 3.02. The molecule has 0 aliphatic heterocycles. The number of rotatable bonds is 14. The smallest absolute Gasteiger partial charge is 0.326 e.